The molecule has 0 atom stereocenters. The van der Waals surface area contributed by atoms with Gasteiger partial charge in [-0.15, -0.1) is 17.9 Å². The first-order chi connectivity index (χ1) is 7.33. The van der Waals surface area contributed by atoms with Gasteiger partial charge in [0.2, 0.25) is 0 Å². The second-order valence-electron chi connectivity index (χ2n) is 3.14. The Morgan fingerprint density at radius 3 is 3.07 bits per heavy atom. The number of thiophene rings is 1. The molecule has 76 valence electrons. The fourth-order valence-corrected chi connectivity index (χ4v) is 2.35. The quantitative estimate of drug-likeness (QED) is 0.787. The van der Waals surface area contributed by atoms with Crippen molar-refractivity contribution in [3.63, 3.8) is 0 Å². The first-order valence-electron chi connectivity index (χ1n) is 4.68. The highest BCUT2D eigenvalue weighted by Gasteiger charge is 2.10. The zero-order valence-electron chi connectivity index (χ0n) is 8.19. The monoisotopic (exact) mass is 217 g/mol. The number of rotatable bonds is 3. The van der Waals surface area contributed by atoms with E-state index < -0.39 is 0 Å². The van der Waals surface area contributed by atoms with Crippen molar-refractivity contribution in [3.05, 3.63) is 47.9 Å². The number of hydrogen-bond acceptors (Lipinski definition) is 2. The first kappa shape index (κ1) is 9.93. The summed E-state index contributed by atoms with van der Waals surface area (Å²) in [6.07, 6.45) is 1.67. The van der Waals surface area contributed by atoms with E-state index in [2.05, 4.69) is 11.9 Å². The first-order valence-corrected chi connectivity index (χ1v) is 5.56. The van der Waals surface area contributed by atoms with Crippen LogP contribution >= 0.6 is 11.3 Å². The fraction of sp³-hybridized carbons (Fsp3) is 0.0833. The van der Waals surface area contributed by atoms with Gasteiger partial charge in [0, 0.05) is 22.0 Å². The summed E-state index contributed by atoms with van der Waals surface area (Å²) in [5.74, 6) is -0.0349. The Labute approximate surface area is 92.2 Å². The smallest absolute Gasteiger partial charge is 0.253 e. The van der Waals surface area contributed by atoms with Crippen molar-refractivity contribution in [1.82, 2.24) is 5.32 Å². The van der Waals surface area contributed by atoms with Gasteiger partial charge in [-0.25, -0.2) is 0 Å². The third-order valence-corrected chi connectivity index (χ3v) is 3.10. The van der Waals surface area contributed by atoms with Crippen LogP contribution in [0.1, 0.15) is 10.4 Å². The van der Waals surface area contributed by atoms with E-state index in [0.29, 0.717) is 6.54 Å². The SMILES string of the molecule is C=CCNC(=O)c1csc2ccccc12. The number of hydrogen-bond donors (Lipinski definition) is 1. The highest BCUT2D eigenvalue weighted by atomic mass is 32.1. The van der Waals surface area contributed by atoms with Crippen LogP contribution in [-0.4, -0.2) is 12.5 Å². The maximum Gasteiger partial charge on any atom is 0.253 e. The van der Waals surface area contributed by atoms with Gasteiger partial charge in [-0.3, -0.25) is 4.79 Å². The summed E-state index contributed by atoms with van der Waals surface area (Å²) in [7, 11) is 0. The number of nitrogens with one attached hydrogen (secondary N) is 1. The van der Waals surface area contributed by atoms with E-state index in [1.807, 2.05) is 29.6 Å². The summed E-state index contributed by atoms with van der Waals surface area (Å²) in [4.78, 5) is 11.7. The van der Waals surface area contributed by atoms with E-state index in [1.165, 1.54) is 0 Å². The highest BCUT2D eigenvalue weighted by Crippen LogP contribution is 2.25. The molecule has 15 heavy (non-hydrogen) atoms. The Morgan fingerprint density at radius 1 is 1.47 bits per heavy atom. The lowest BCUT2D eigenvalue weighted by atomic mass is 10.2. The highest BCUT2D eigenvalue weighted by molar-refractivity contribution is 7.17. The zero-order chi connectivity index (χ0) is 10.7. The van der Waals surface area contributed by atoms with E-state index in [9.17, 15) is 4.79 Å². The van der Waals surface area contributed by atoms with E-state index >= 15 is 0 Å². The molecule has 0 bridgehead atoms. The van der Waals surface area contributed by atoms with Gasteiger partial charge in [-0.05, 0) is 6.07 Å². The summed E-state index contributed by atoms with van der Waals surface area (Å²) in [5, 5.41) is 5.69. The summed E-state index contributed by atoms with van der Waals surface area (Å²) in [5.41, 5.74) is 0.748. The van der Waals surface area contributed by atoms with Crippen LogP contribution in [0, 0.1) is 0 Å². The van der Waals surface area contributed by atoms with Gasteiger partial charge in [0.05, 0.1) is 5.56 Å². The molecule has 1 amide bonds. The lowest BCUT2D eigenvalue weighted by molar-refractivity contribution is 0.0960. The van der Waals surface area contributed by atoms with Gasteiger partial charge in [0.1, 0.15) is 0 Å². The predicted molar refractivity (Wildman–Crippen MR) is 64.4 cm³/mol. The number of carbonyl (C=O) groups excluding carboxylic acids is 1. The molecule has 1 aromatic carbocycles. The average Bonchev–Trinajstić information content (AvgIpc) is 2.69. The summed E-state index contributed by atoms with van der Waals surface area (Å²) < 4.78 is 1.14. The van der Waals surface area contributed by atoms with Crippen LogP contribution in [0.25, 0.3) is 10.1 Å². The molecule has 0 aliphatic heterocycles. The molecule has 0 unspecified atom stereocenters. The molecule has 2 rings (SSSR count). The standard InChI is InChI=1S/C12H11NOS/c1-2-7-13-12(14)10-8-15-11-6-4-3-5-9(10)11/h2-6,8H,1,7H2,(H,13,14). The summed E-state index contributed by atoms with van der Waals surface area (Å²) >= 11 is 1.59. The third kappa shape index (κ3) is 1.92. The molecule has 2 nitrogen and oxygen atoms in total. The number of amides is 1. The van der Waals surface area contributed by atoms with Crippen LogP contribution in [0.5, 0.6) is 0 Å². The van der Waals surface area contributed by atoms with Crippen molar-refractivity contribution < 1.29 is 4.79 Å². The second-order valence-corrected chi connectivity index (χ2v) is 4.06. The maximum absolute atomic E-state index is 11.7. The molecule has 0 saturated carbocycles. The van der Waals surface area contributed by atoms with Crippen LogP contribution in [0.2, 0.25) is 0 Å². The molecule has 1 N–H and O–H groups in total. The van der Waals surface area contributed by atoms with Crippen LogP contribution in [0.3, 0.4) is 0 Å². The van der Waals surface area contributed by atoms with Crippen molar-refractivity contribution in [2.24, 2.45) is 0 Å². The molecule has 1 aromatic heterocycles. The Morgan fingerprint density at radius 2 is 2.27 bits per heavy atom. The second kappa shape index (κ2) is 4.28. The van der Waals surface area contributed by atoms with Crippen molar-refractivity contribution in [2.45, 2.75) is 0 Å². The minimum absolute atomic E-state index is 0.0349. The topological polar surface area (TPSA) is 29.1 Å². The molecule has 0 aliphatic carbocycles. The number of benzene rings is 1. The van der Waals surface area contributed by atoms with E-state index in [1.54, 1.807) is 17.4 Å². The Balaban J connectivity index is 2.35. The third-order valence-electron chi connectivity index (χ3n) is 2.13. The number of carbonyl (C=O) groups is 1. The van der Waals surface area contributed by atoms with Crippen molar-refractivity contribution in [2.75, 3.05) is 6.54 Å². The zero-order valence-corrected chi connectivity index (χ0v) is 9.01. The molecule has 2 aromatic rings. The van der Waals surface area contributed by atoms with E-state index in [0.717, 1.165) is 15.6 Å². The minimum Gasteiger partial charge on any atom is -0.349 e. The predicted octanol–water partition coefficient (Wildman–Crippen LogP) is 2.82. The Bertz CT molecular complexity index is 501. The molecule has 0 aliphatic rings. The maximum atomic E-state index is 11.7. The Kier molecular flexibility index (Phi) is 2.83. The van der Waals surface area contributed by atoms with E-state index in [4.69, 9.17) is 0 Å². The van der Waals surface area contributed by atoms with Gasteiger partial charge in [0.25, 0.3) is 5.91 Å². The summed E-state index contributed by atoms with van der Waals surface area (Å²) in [6.45, 7) is 4.07. The molecular formula is C12H11NOS. The lowest BCUT2D eigenvalue weighted by Gasteiger charge is -1.99. The van der Waals surface area contributed by atoms with Crippen molar-refractivity contribution in [1.29, 1.82) is 0 Å². The number of fused-ring (bicyclic) bond motifs is 1. The Hall–Kier alpha value is -1.61. The lowest BCUT2D eigenvalue weighted by Crippen LogP contribution is -2.22. The fourth-order valence-electron chi connectivity index (χ4n) is 1.41. The molecule has 3 heteroatoms. The van der Waals surface area contributed by atoms with Gasteiger partial charge < -0.3 is 5.32 Å². The molecule has 0 radical (unpaired) electrons. The van der Waals surface area contributed by atoms with E-state index in [-0.39, 0.29) is 5.91 Å². The molecule has 0 spiro atoms. The normalized spacial score (nSPS) is 10.1. The van der Waals surface area contributed by atoms with Crippen LogP contribution in [0.15, 0.2) is 42.3 Å². The minimum atomic E-state index is -0.0349. The van der Waals surface area contributed by atoms with Crippen LogP contribution < -0.4 is 5.32 Å². The molecular weight excluding hydrogens is 206 g/mol. The molecule has 0 fully saturated rings. The van der Waals surface area contributed by atoms with Gasteiger partial charge in [0.15, 0.2) is 0 Å². The van der Waals surface area contributed by atoms with Crippen LogP contribution in [0.4, 0.5) is 0 Å². The summed E-state index contributed by atoms with van der Waals surface area (Å²) in [6, 6.07) is 7.91. The molecule has 1 heterocycles. The van der Waals surface area contributed by atoms with Gasteiger partial charge in [-0.2, -0.15) is 0 Å². The van der Waals surface area contributed by atoms with Crippen molar-refractivity contribution >= 4 is 27.3 Å². The average molecular weight is 217 g/mol. The largest absolute Gasteiger partial charge is 0.349 e. The van der Waals surface area contributed by atoms with Crippen LogP contribution in [-0.2, 0) is 0 Å². The van der Waals surface area contributed by atoms with Gasteiger partial charge >= 0.3 is 0 Å². The van der Waals surface area contributed by atoms with Crippen molar-refractivity contribution in [3.8, 4) is 0 Å². The molecule has 0 saturated heterocycles. The van der Waals surface area contributed by atoms with Gasteiger partial charge in [-0.1, -0.05) is 24.3 Å².